The lowest BCUT2D eigenvalue weighted by Crippen LogP contribution is -2.30. The number of rotatable bonds is 6. The predicted octanol–water partition coefficient (Wildman–Crippen LogP) is 1.61. The summed E-state index contributed by atoms with van der Waals surface area (Å²) >= 11 is 0. The highest BCUT2D eigenvalue weighted by Gasteiger charge is 2.13. The normalized spacial score (nSPS) is 13.4. The third kappa shape index (κ3) is 4.22. The average Bonchev–Trinajstić information content (AvgIpc) is 3.29. The number of aryl methyl sites for hydroxylation is 1. The first-order valence-corrected chi connectivity index (χ1v) is 8.66. The Kier molecular flexibility index (Phi) is 5.53. The average molecular weight is 354 g/mol. The maximum Gasteiger partial charge on any atom is 0.319 e. The quantitative estimate of drug-likeness (QED) is 0.582. The van der Waals surface area contributed by atoms with Crippen LogP contribution in [-0.2, 0) is 6.42 Å². The lowest BCUT2D eigenvalue weighted by molar-refractivity contribution is 0.252. The van der Waals surface area contributed by atoms with E-state index in [1.807, 2.05) is 18.2 Å². The molecule has 3 heterocycles. The van der Waals surface area contributed by atoms with Crippen molar-refractivity contribution < 1.29 is 4.79 Å². The number of aromatic amines is 1. The van der Waals surface area contributed by atoms with Crippen molar-refractivity contribution in [2.24, 2.45) is 0 Å². The van der Waals surface area contributed by atoms with Crippen LogP contribution in [0.3, 0.4) is 0 Å². The van der Waals surface area contributed by atoms with Gasteiger partial charge in [0.05, 0.1) is 17.6 Å². The van der Waals surface area contributed by atoms with Crippen molar-refractivity contribution in [3.8, 4) is 6.07 Å². The lowest BCUT2D eigenvalue weighted by Gasteiger charge is -2.16. The molecule has 5 N–H and O–H groups in total. The minimum atomic E-state index is -0.287. The van der Waals surface area contributed by atoms with Crippen LogP contribution in [0.15, 0.2) is 18.3 Å². The van der Waals surface area contributed by atoms with Crippen LogP contribution >= 0.6 is 0 Å². The molecule has 0 bridgehead atoms. The zero-order valence-electron chi connectivity index (χ0n) is 14.5. The number of nitriles is 1. The molecule has 136 valence electrons. The van der Waals surface area contributed by atoms with Crippen LogP contribution in [0.1, 0.15) is 30.5 Å². The number of anilines is 3. The molecule has 9 heteroatoms. The van der Waals surface area contributed by atoms with Crippen LogP contribution in [0.2, 0.25) is 0 Å². The third-order valence-corrected chi connectivity index (χ3v) is 4.31. The van der Waals surface area contributed by atoms with Gasteiger partial charge in [-0.1, -0.05) is 0 Å². The standard InChI is InChI=1S/C17H22N8O/c18-10-13-14(23-24-16(13)19)4-3-7-20-17(26)22-12-5-6-15(21-11-12)25-8-1-2-9-25/h5-6,11H,1-4,7-9H2,(H3,19,23,24)(H2,20,22,26). The molecule has 1 saturated heterocycles. The SMILES string of the molecule is N#Cc1c(N)n[nH]c1CCCNC(=O)Nc1ccc(N2CCCC2)nc1. The predicted molar refractivity (Wildman–Crippen MR) is 98.7 cm³/mol. The van der Waals surface area contributed by atoms with Gasteiger partial charge in [-0.15, -0.1) is 0 Å². The zero-order chi connectivity index (χ0) is 18.4. The fourth-order valence-electron chi connectivity index (χ4n) is 2.94. The molecule has 0 aromatic carbocycles. The Morgan fingerprint density at radius 3 is 2.88 bits per heavy atom. The monoisotopic (exact) mass is 354 g/mol. The Morgan fingerprint density at radius 2 is 2.19 bits per heavy atom. The first-order chi connectivity index (χ1) is 12.7. The summed E-state index contributed by atoms with van der Waals surface area (Å²) < 4.78 is 0. The van der Waals surface area contributed by atoms with Gasteiger partial charge in [0, 0.05) is 19.6 Å². The molecule has 3 rings (SSSR count). The molecule has 0 saturated carbocycles. The van der Waals surface area contributed by atoms with Gasteiger partial charge in [0.25, 0.3) is 0 Å². The van der Waals surface area contributed by atoms with E-state index in [4.69, 9.17) is 11.0 Å². The van der Waals surface area contributed by atoms with Gasteiger partial charge in [-0.05, 0) is 37.8 Å². The first-order valence-electron chi connectivity index (χ1n) is 8.66. The Morgan fingerprint density at radius 1 is 1.38 bits per heavy atom. The molecule has 26 heavy (non-hydrogen) atoms. The molecule has 2 amide bonds. The summed E-state index contributed by atoms with van der Waals surface area (Å²) in [6.45, 7) is 2.54. The van der Waals surface area contributed by atoms with Crippen LogP contribution in [0.5, 0.6) is 0 Å². The molecule has 2 aromatic rings. The summed E-state index contributed by atoms with van der Waals surface area (Å²) in [5, 5.41) is 21.1. The van der Waals surface area contributed by atoms with Gasteiger partial charge >= 0.3 is 6.03 Å². The molecule has 0 atom stereocenters. The molecule has 1 aliphatic rings. The number of H-pyrrole nitrogens is 1. The number of nitrogen functional groups attached to an aromatic ring is 1. The number of aromatic nitrogens is 3. The third-order valence-electron chi connectivity index (χ3n) is 4.31. The Hall–Kier alpha value is -3.28. The highest BCUT2D eigenvalue weighted by Crippen LogP contribution is 2.19. The van der Waals surface area contributed by atoms with E-state index >= 15 is 0 Å². The van der Waals surface area contributed by atoms with Crippen molar-refractivity contribution >= 4 is 23.4 Å². The summed E-state index contributed by atoms with van der Waals surface area (Å²) in [6, 6.07) is 5.51. The number of amides is 2. The van der Waals surface area contributed by atoms with E-state index in [0.717, 1.165) is 18.9 Å². The number of nitrogens with zero attached hydrogens (tertiary/aromatic N) is 4. The van der Waals surface area contributed by atoms with Crippen LogP contribution < -0.4 is 21.3 Å². The van der Waals surface area contributed by atoms with Crippen molar-refractivity contribution in [1.29, 1.82) is 5.26 Å². The maximum absolute atomic E-state index is 11.9. The fraction of sp³-hybridized carbons (Fsp3) is 0.412. The summed E-state index contributed by atoms with van der Waals surface area (Å²) in [5.74, 6) is 1.15. The Balaban J connectivity index is 1.40. The van der Waals surface area contributed by atoms with E-state index in [-0.39, 0.29) is 11.8 Å². The highest BCUT2D eigenvalue weighted by molar-refractivity contribution is 5.89. The van der Waals surface area contributed by atoms with Crippen LogP contribution in [0.4, 0.5) is 22.1 Å². The largest absolute Gasteiger partial charge is 0.381 e. The molecule has 0 radical (unpaired) electrons. The minimum Gasteiger partial charge on any atom is -0.381 e. The van der Waals surface area contributed by atoms with Gasteiger partial charge in [-0.25, -0.2) is 9.78 Å². The van der Waals surface area contributed by atoms with Gasteiger partial charge < -0.3 is 21.3 Å². The van der Waals surface area contributed by atoms with Crippen molar-refractivity contribution in [2.45, 2.75) is 25.7 Å². The molecule has 1 fully saturated rings. The van der Waals surface area contributed by atoms with Crippen LogP contribution in [0, 0.1) is 11.3 Å². The number of carbonyl (C=O) groups excluding carboxylic acids is 1. The van der Waals surface area contributed by atoms with Gasteiger partial charge in [-0.3, -0.25) is 5.10 Å². The molecule has 9 nitrogen and oxygen atoms in total. The molecular formula is C17H22N8O. The number of pyridine rings is 1. The number of carbonyl (C=O) groups is 1. The van der Waals surface area contributed by atoms with Crippen molar-refractivity contribution in [2.75, 3.05) is 35.6 Å². The van der Waals surface area contributed by atoms with Gasteiger partial charge in [0.1, 0.15) is 17.5 Å². The molecule has 1 aliphatic heterocycles. The summed E-state index contributed by atoms with van der Waals surface area (Å²) in [5.41, 5.74) is 7.30. The van der Waals surface area contributed by atoms with E-state index in [2.05, 4.69) is 30.7 Å². The van der Waals surface area contributed by atoms with Crippen molar-refractivity contribution in [1.82, 2.24) is 20.5 Å². The molecule has 0 aliphatic carbocycles. The maximum atomic E-state index is 11.9. The second-order valence-corrected chi connectivity index (χ2v) is 6.16. The topological polar surface area (TPSA) is 136 Å². The molecular weight excluding hydrogens is 332 g/mol. The number of nitrogens with one attached hydrogen (secondary N) is 3. The second-order valence-electron chi connectivity index (χ2n) is 6.16. The Bertz CT molecular complexity index is 786. The van der Waals surface area contributed by atoms with Crippen molar-refractivity contribution in [3.05, 3.63) is 29.6 Å². The fourth-order valence-corrected chi connectivity index (χ4v) is 2.94. The van der Waals surface area contributed by atoms with E-state index < -0.39 is 0 Å². The number of nitrogens with two attached hydrogens (primary N) is 1. The number of hydrogen-bond donors (Lipinski definition) is 4. The summed E-state index contributed by atoms with van der Waals surface area (Å²) in [4.78, 5) is 18.6. The van der Waals surface area contributed by atoms with E-state index in [1.165, 1.54) is 12.8 Å². The van der Waals surface area contributed by atoms with Crippen molar-refractivity contribution in [3.63, 3.8) is 0 Å². The first kappa shape index (κ1) is 17.5. The summed E-state index contributed by atoms with van der Waals surface area (Å²) in [6.07, 6.45) is 5.31. The highest BCUT2D eigenvalue weighted by atomic mass is 16.2. The zero-order valence-corrected chi connectivity index (χ0v) is 14.5. The van der Waals surface area contributed by atoms with E-state index in [0.29, 0.717) is 36.3 Å². The smallest absolute Gasteiger partial charge is 0.319 e. The Labute approximate surface area is 151 Å². The van der Waals surface area contributed by atoms with E-state index in [9.17, 15) is 4.79 Å². The van der Waals surface area contributed by atoms with Gasteiger partial charge in [0.2, 0.25) is 0 Å². The summed E-state index contributed by atoms with van der Waals surface area (Å²) in [7, 11) is 0. The van der Waals surface area contributed by atoms with Gasteiger partial charge in [-0.2, -0.15) is 10.4 Å². The van der Waals surface area contributed by atoms with Crippen LogP contribution in [0.25, 0.3) is 0 Å². The number of hydrogen-bond acceptors (Lipinski definition) is 6. The molecule has 0 unspecified atom stereocenters. The van der Waals surface area contributed by atoms with E-state index in [1.54, 1.807) is 6.20 Å². The molecule has 2 aromatic heterocycles. The van der Waals surface area contributed by atoms with Crippen LogP contribution in [-0.4, -0.2) is 40.8 Å². The minimum absolute atomic E-state index is 0.207. The lowest BCUT2D eigenvalue weighted by atomic mass is 10.1. The molecule has 0 spiro atoms. The number of urea groups is 1. The second kappa shape index (κ2) is 8.20. The van der Waals surface area contributed by atoms with Gasteiger partial charge in [0.15, 0.2) is 5.82 Å².